The zero-order valence-corrected chi connectivity index (χ0v) is 10.7. The Morgan fingerprint density at radius 2 is 2.00 bits per heavy atom. The lowest BCUT2D eigenvalue weighted by Gasteiger charge is -2.12. The van der Waals surface area contributed by atoms with Crippen molar-refractivity contribution in [2.45, 2.75) is 0 Å². The van der Waals surface area contributed by atoms with E-state index in [-0.39, 0.29) is 11.1 Å². The maximum Gasteiger partial charge on any atom is 0.340 e. The molecule has 4 nitrogen and oxygen atoms in total. The molecule has 0 spiro atoms. The van der Waals surface area contributed by atoms with Gasteiger partial charge >= 0.3 is 5.97 Å². The highest BCUT2D eigenvalue weighted by molar-refractivity contribution is 6.16. The quantitative estimate of drug-likeness (QED) is 0.619. The van der Waals surface area contributed by atoms with Gasteiger partial charge in [0.05, 0.1) is 18.2 Å². The summed E-state index contributed by atoms with van der Waals surface area (Å²) in [6.45, 7) is 0. The smallest absolute Gasteiger partial charge is 0.340 e. The first-order valence-corrected chi connectivity index (χ1v) is 5.26. The second kappa shape index (κ2) is 5.96. The molecule has 0 aliphatic rings. The van der Waals surface area contributed by atoms with Crippen LogP contribution in [0.3, 0.4) is 0 Å². The molecule has 0 aliphatic heterocycles. The number of ether oxygens (including phenoxy) is 1. The topological polar surface area (TPSA) is 53.3 Å². The van der Waals surface area contributed by atoms with Crippen molar-refractivity contribution >= 4 is 11.5 Å². The predicted octanol–water partition coefficient (Wildman–Crippen LogP) is 1.91. The summed E-state index contributed by atoms with van der Waals surface area (Å²) in [5.74, 6) is -2.55. The van der Waals surface area contributed by atoms with Gasteiger partial charge in [0.15, 0.2) is 0 Å². The van der Waals surface area contributed by atoms with Gasteiger partial charge < -0.3 is 9.64 Å². The Kier molecular flexibility index (Phi) is 4.59. The van der Waals surface area contributed by atoms with Crippen LogP contribution < -0.4 is 0 Å². The van der Waals surface area contributed by atoms with Crippen LogP contribution in [0.4, 0.5) is 8.78 Å². The fourth-order valence-electron chi connectivity index (χ4n) is 1.44. The minimum absolute atomic E-state index is 0.131. The number of esters is 1. The van der Waals surface area contributed by atoms with Gasteiger partial charge in [-0.25, -0.2) is 13.6 Å². The number of nitriles is 1. The first kappa shape index (κ1) is 14.6. The summed E-state index contributed by atoms with van der Waals surface area (Å²) in [6, 6.07) is 3.08. The molecule has 100 valence electrons. The van der Waals surface area contributed by atoms with Crippen LogP contribution in [0.5, 0.6) is 0 Å². The first-order valence-electron chi connectivity index (χ1n) is 5.26. The van der Waals surface area contributed by atoms with Crippen molar-refractivity contribution in [3.05, 3.63) is 41.1 Å². The Labute approximate surface area is 109 Å². The van der Waals surface area contributed by atoms with E-state index in [1.165, 1.54) is 17.2 Å². The number of hydrogen-bond acceptors (Lipinski definition) is 4. The number of rotatable bonds is 3. The Morgan fingerprint density at radius 3 is 2.47 bits per heavy atom. The van der Waals surface area contributed by atoms with Gasteiger partial charge in [0.2, 0.25) is 0 Å². The van der Waals surface area contributed by atoms with Gasteiger partial charge in [-0.3, -0.25) is 0 Å². The number of benzene rings is 1. The standard InChI is InChI=1S/C13H12F2N2O2/c1-17(2)7-10(13(18)19-3)9-5-11(14)8(6-16)4-12(9)15/h4-5,7H,1-3H3/b10-7+. The van der Waals surface area contributed by atoms with Crippen molar-refractivity contribution in [3.63, 3.8) is 0 Å². The summed E-state index contributed by atoms with van der Waals surface area (Å²) in [4.78, 5) is 13.1. The van der Waals surface area contributed by atoms with Crippen molar-refractivity contribution in [1.82, 2.24) is 4.90 Å². The highest BCUT2D eigenvalue weighted by atomic mass is 19.1. The Balaban J connectivity index is 3.45. The van der Waals surface area contributed by atoms with Gasteiger partial charge in [-0.2, -0.15) is 5.26 Å². The van der Waals surface area contributed by atoms with E-state index in [0.29, 0.717) is 0 Å². The normalized spacial score (nSPS) is 10.8. The van der Waals surface area contributed by atoms with Gasteiger partial charge in [-0.15, -0.1) is 0 Å². The molecule has 6 heteroatoms. The minimum atomic E-state index is -0.896. The molecule has 1 aromatic carbocycles. The SMILES string of the molecule is COC(=O)/C(=C/N(C)C)c1cc(F)c(C#N)cc1F. The Morgan fingerprint density at radius 1 is 1.37 bits per heavy atom. The van der Waals surface area contributed by atoms with Crippen molar-refractivity contribution < 1.29 is 18.3 Å². The first-order chi connectivity index (χ1) is 8.90. The largest absolute Gasteiger partial charge is 0.465 e. The van der Waals surface area contributed by atoms with Crippen LogP contribution in [0.1, 0.15) is 11.1 Å². The predicted molar refractivity (Wildman–Crippen MR) is 64.8 cm³/mol. The minimum Gasteiger partial charge on any atom is -0.465 e. The third kappa shape index (κ3) is 3.28. The molecule has 0 aliphatic carbocycles. The molecule has 0 bridgehead atoms. The maximum absolute atomic E-state index is 13.8. The molecule has 19 heavy (non-hydrogen) atoms. The molecule has 0 saturated heterocycles. The molecule has 0 amide bonds. The third-order valence-corrected chi connectivity index (χ3v) is 2.26. The summed E-state index contributed by atoms with van der Waals surface area (Å²) in [5.41, 5.74) is -0.805. The lowest BCUT2D eigenvalue weighted by atomic mass is 10.0. The van der Waals surface area contributed by atoms with Crippen LogP contribution in [-0.4, -0.2) is 32.1 Å². The van der Waals surface area contributed by atoms with E-state index in [1.807, 2.05) is 0 Å². The third-order valence-electron chi connectivity index (χ3n) is 2.26. The molecular formula is C13H12F2N2O2. The summed E-state index contributed by atoms with van der Waals surface area (Å²) in [5, 5.41) is 8.60. The van der Waals surface area contributed by atoms with Crippen LogP contribution in [0.2, 0.25) is 0 Å². The van der Waals surface area contributed by atoms with Gasteiger partial charge in [0, 0.05) is 25.9 Å². The van der Waals surface area contributed by atoms with Crippen LogP contribution in [0, 0.1) is 23.0 Å². The molecule has 1 aromatic rings. The summed E-state index contributed by atoms with van der Waals surface area (Å²) in [7, 11) is 4.39. The maximum atomic E-state index is 13.8. The average molecular weight is 266 g/mol. The Hall–Kier alpha value is -2.42. The second-order valence-electron chi connectivity index (χ2n) is 3.92. The monoisotopic (exact) mass is 266 g/mol. The Bertz CT molecular complexity index is 575. The van der Waals surface area contributed by atoms with Crippen LogP contribution in [-0.2, 0) is 9.53 Å². The number of hydrogen-bond donors (Lipinski definition) is 0. The summed E-state index contributed by atoms with van der Waals surface area (Å²) in [6.07, 6.45) is 1.32. The van der Waals surface area contributed by atoms with Crippen molar-refractivity contribution in [2.75, 3.05) is 21.2 Å². The van der Waals surface area contributed by atoms with Crippen LogP contribution in [0.25, 0.3) is 5.57 Å². The molecule has 0 radical (unpaired) electrons. The number of nitrogens with zero attached hydrogens (tertiary/aromatic N) is 2. The average Bonchev–Trinajstić information content (AvgIpc) is 2.37. The van der Waals surface area contributed by atoms with Crippen molar-refractivity contribution in [1.29, 1.82) is 5.26 Å². The van der Waals surface area contributed by atoms with Gasteiger partial charge in [0.25, 0.3) is 0 Å². The molecule has 0 unspecified atom stereocenters. The highest BCUT2D eigenvalue weighted by Gasteiger charge is 2.19. The van der Waals surface area contributed by atoms with Crippen LogP contribution >= 0.6 is 0 Å². The van der Waals surface area contributed by atoms with E-state index in [2.05, 4.69) is 4.74 Å². The van der Waals surface area contributed by atoms with Crippen LogP contribution in [0.15, 0.2) is 18.3 Å². The van der Waals surface area contributed by atoms with Crippen molar-refractivity contribution in [2.24, 2.45) is 0 Å². The van der Waals surface area contributed by atoms with Crippen molar-refractivity contribution in [3.8, 4) is 6.07 Å². The number of carbonyl (C=O) groups is 1. The second-order valence-corrected chi connectivity index (χ2v) is 3.92. The lowest BCUT2D eigenvalue weighted by molar-refractivity contribution is -0.133. The lowest BCUT2D eigenvalue weighted by Crippen LogP contribution is -2.11. The number of carbonyl (C=O) groups excluding carboxylic acids is 1. The zero-order chi connectivity index (χ0) is 14.6. The molecule has 0 atom stereocenters. The van der Waals surface area contributed by atoms with E-state index in [9.17, 15) is 13.6 Å². The zero-order valence-electron chi connectivity index (χ0n) is 10.7. The van der Waals surface area contributed by atoms with Gasteiger partial charge in [0.1, 0.15) is 17.7 Å². The van der Waals surface area contributed by atoms with Gasteiger partial charge in [-0.1, -0.05) is 0 Å². The fraction of sp³-hybridized carbons (Fsp3) is 0.231. The molecule has 0 saturated carbocycles. The molecule has 1 rings (SSSR count). The van der Waals surface area contributed by atoms with E-state index in [4.69, 9.17) is 5.26 Å². The van der Waals surface area contributed by atoms with E-state index in [1.54, 1.807) is 14.1 Å². The van der Waals surface area contributed by atoms with Gasteiger partial charge in [-0.05, 0) is 12.1 Å². The van der Waals surface area contributed by atoms with E-state index >= 15 is 0 Å². The molecule has 0 aromatic heterocycles. The molecule has 0 N–H and O–H groups in total. The number of halogens is 2. The molecular weight excluding hydrogens is 254 g/mol. The summed E-state index contributed by atoms with van der Waals surface area (Å²) >= 11 is 0. The number of methoxy groups -OCH3 is 1. The fourth-order valence-corrected chi connectivity index (χ4v) is 1.44. The van der Waals surface area contributed by atoms with E-state index < -0.39 is 23.2 Å². The molecule has 0 heterocycles. The highest BCUT2D eigenvalue weighted by Crippen LogP contribution is 2.23. The summed E-state index contributed by atoms with van der Waals surface area (Å²) < 4.78 is 31.9. The van der Waals surface area contributed by atoms with E-state index in [0.717, 1.165) is 19.2 Å². The molecule has 0 fully saturated rings.